The Hall–Kier alpha value is -1.41. The highest BCUT2D eigenvalue weighted by Gasteiger charge is 2.26. The third kappa shape index (κ3) is 1.50. The molecule has 0 bridgehead atoms. The predicted molar refractivity (Wildman–Crippen MR) is 66.0 cm³/mol. The molecular formula is C14H16N2. The first-order chi connectivity index (χ1) is 7.86. The Labute approximate surface area is 95.5 Å². The van der Waals surface area contributed by atoms with E-state index in [1.165, 1.54) is 30.2 Å². The Morgan fingerprint density at radius 3 is 2.75 bits per heavy atom. The zero-order valence-corrected chi connectivity index (χ0v) is 9.26. The molecule has 0 amide bonds. The largest absolute Gasteiger partial charge is 0.324 e. The first-order valence-corrected chi connectivity index (χ1v) is 5.95. The molecule has 1 aliphatic rings. The summed E-state index contributed by atoms with van der Waals surface area (Å²) in [5, 5.41) is 1.21. The molecule has 0 spiro atoms. The van der Waals surface area contributed by atoms with Gasteiger partial charge < -0.3 is 5.73 Å². The Morgan fingerprint density at radius 1 is 1.19 bits per heavy atom. The van der Waals surface area contributed by atoms with Crippen LogP contribution in [-0.4, -0.2) is 4.98 Å². The topological polar surface area (TPSA) is 38.9 Å². The molecule has 16 heavy (non-hydrogen) atoms. The quantitative estimate of drug-likeness (QED) is 0.831. The summed E-state index contributed by atoms with van der Waals surface area (Å²) < 4.78 is 0. The summed E-state index contributed by atoms with van der Waals surface area (Å²) in [7, 11) is 0. The second-order valence-corrected chi connectivity index (χ2v) is 4.63. The smallest absolute Gasteiger partial charge is 0.0705 e. The zero-order chi connectivity index (χ0) is 11.0. The molecule has 1 fully saturated rings. The first-order valence-electron chi connectivity index (χ1n) is 5.95. The van der Waals surface area contributed by atoms with Crippen LogP contribution in [0.25, 0.3) is 10.9 Å². The Morgan fingerprint density at radius 2 is 2.00 bits per heavy atom. The number of hydrogen-bond acceptors (Lipinski definition) is 2. The highest BCUT2D eigenvalue weighted by Crippen LogP contribution is 2.37. The Balaban J connectivity index is 2.08. The molecule has 1 aromatic heterocycles. The molecule has 0 radical (unpaired) electrons. The second kappa shape index (κ2) is 3.87. The SMILES string of the molecule is N[C@H](c1ccnc2ccccc12)C1CCC1. The molecule has 1 heterocycles. The maximum atomic E-state index is 6.34. The van der Waals surface area contributed by atoms with E-state index in [0.29, 0.717) is 5.92 Å². The number of hydrogen-bond donors (Lipinski definition) is 1. The first kappa shape index (κ1) is 9.79. The lowest BCUT2D eigenvalue weighted by Crippen LogP contribution is -2.27. The molecule has 1 aliphatic carbocycles. The lowest BCUT2D eigenvalue weighted by Gasteiger charge is -2.31. The van der Waals surface area contributed by atoms with E-state index in [0.717, 1.165) is 5.52 Å². The van der Waals surface area contributed by atoms with E-state index >= 15 is 0 Å². The van der Waals surface area contributed by atoms with E-state index in [2.05, 4.69) is 23.2 Å². The standard InChI is InChI=1S/C14H16N2/c15-14(10-4-3-5-10)12-8-9-16-13-7-2-1-6-11(12)13/h1-2,6-10,14H,3-5,15H2/t14-/m0/s1. The van der Waals surface area contributed by atoms with Gasteiger partial charge in [-0.05, 0) is 36.5 Å². The summed E-state index contributed by atoms with van der Waals surface area (Å²) in [6.45, 7) is 0. The lowest BCUT2D eigenvalue weighted by molar-refractivity contribution is 0.265. The number of para-hydroxylation sites is 1. The molecule has 2 aromatic rings. The summed E-state index contributed by atoms with van der Waals surface area (Å²) in [6.07, 6.45) is 5.76. The molecule has 82 valence electrons. The van der Waals surface area contributed by atoms with Crippen molar-refractivity contribution in [3.63, 3.8) is 0 Å². The van der Waals surface area contributed by atoms with Crippen LogP contribution in [0.1, 0.15) is 30.9 Å². The summed E-state index contributed by atoms with van der Waals surface area (Å²) in [5.41, 5.74) is 8.65. The van der Waals surface area contributed by atoms with Gasteiger partial charge in [0.15, 0.2) is 0 Å². The highest BCUT2D eigenvalue weighted by molar-refractivity contribution is 5.82. The van der Waals surface area contributed by atoms with Crippen molar-refractivity contribution in [2.75, 3.05) is 0 Å². The van der Waals surface area contributed by atoms with Gasteiger partial charge in [0, 0.05) is 17.6 Å². The van der Waals surface area contributed by atoms with Crippen LogP contribution in [-0.2, 0) is 0 Å². The fraction of sp³-hybridized carbons (Fsp3) is 0.357. The number of pyridine rings is 1. The maximum absolute atomic E-state index is 6.34. The molecule has 2 heteroatoms. The van der Waals surface area contributed by atoms with Gasteiger partial charge in [-0.15, -0.1) is 0 Å². The van der Waals surface area contributed by atoms with E-state index < -0.39 is 0 Å². The van der Waals surface area contributed by atoms with Gasteiger partial charge in [-0.3, -0.25) is 4.98 Å². The Bertz CT molecular complexity index is 498. The zero-order valence-electron chi connectivity index (χ0n) is 9.26. The molecule has 1 atom stereocenters. The van der Waals surface area contributed by atoms with Gasteiger partial charge in [-0.2, -0.15) is 0 Å². The van der Waals surface area contributed by atoms with Crippen LogP contribution in [0.2, 0.25) is 0 Å². The Kier molecular flexibility index (Phi) is 2.37. The van der Waals surface area contributed by atoms with Crippen molar-refractivity contribution in [3.05, 3.63) is 42.1 Å². The minimum absolute atomic E-state index is 0.182. The monoisotopic (exact) mass is 212 g/mol. The minimum Gasteiger partial charge on any atom is -0.324 e. The molecule has 0 saturated heterocycles. The summed E-state index contributed by atoms with van der Waals surface area (Å²) in [5.74, 6) is 0.672. The summed E-state index contributed by atoms with van der Waals surface area (Å²) >= 11 is 0. The van der Waals surface area contributed by atoms with E-state index in [1.807, 2.05) is 18.3 Å². The van der Waals surface area contributed by atoms with E-state index in [9.17, 15) is 0 Å². The van der Waals surface area contributed by atoms with E-state index in [-0.39, 0.29) is 6.04 Å². The number of nitrogens with zero attached hydrogens (tertiary/aromatic N) is 1. The highest BCUT2D eigenvalue weighted by atomic mass is 14.7. The molecule has 1 aromatic carbocycles. The second-order valence-electron chi connectivity index (χ2n) is 4.63. The minimum atomic E-state index is 0.182. The average molecular weight is 212 g/mol. The molecular weight excluding hydrogens is 196 g/mol. The van der Waals surface area contributed by atoms with Crippen molar-refractivity contribution in [2.24, 2.45) is 11.7 Å². The van der Waals surface area contributed by atoms with Gasteiger partial charge in [-0.1, -0.05) is 24.6 Å². The van der Waals surface area contributed by atoms with Crippen molar-refractivity contribution >= 4 is 10.9 Å². The van der Waals surface area contributed by atoms with Crippen molar-refractivity contribution in [1.82, 2.24) is 4.98 Å². The van der Waals surface area contributed by atoms with Gasteiger partial charge in [0.25, 0.3) is 0 Å². The van der Waals surface area contributed by atoms with Crippen LogP contribution in [0, 0.1) is 5.92 Å². The fourth-order valence-corrected chi connectivity index (χ4v) is 2.46. The number of rotatable bonds is 2. The third-order valence-corrected chi connectivity index (χ3v) is 3.70. The van der Waals surface area contributed by atoms with E-state index in [1.54, 1.807) is 0 Å². The van der Waals surface area contributed by atoms with Gasteiger partial charge in [-0.25, -0.2) is 0 Å². The van der Waals surface area contributed by atoms with Crippen LogP contribution >= 0.6 is 0 Å². The number of benzene rings is 1. The summed E-state index contributed by atoms with van der Waals surface area (Å²) in [4.78, 5) is 4.37. The van der Waals surface area contributed by atoms with Crippen LogP contribution in [0.4, 0.5) is 0 Å². The molecule has 2 N–H and O–H groups in total. The molecule has 3 rings (SSSR count). The molecule has 1 saturated carbocycles. The van der Waals surface area contributed by atoms with Gasteiger partial charge in [0.1, 0.15) is 0 Å². The summed E-state index contributed by atoms with van der Waals surface area (Å²) in [6, 6.07) is 10.5. The number of nitrogens with two attached hydrogens (primary N) is 1. The lowest BCUT2D eigenvalue weighted by atomic mass is 9.77. The third-order valence-electron chi connectivity index (χ3n) is 3.70. The number of fused-ring (bicyclic) bond motifs is 1. The van der Waals surface area contributed by atoms with Gasteiger partial charge >= 0.3 is 0 Å². The van der Waals surface area contributed by atoms with Crippen LogP contribution < -0.4 is 5.73 Å². The molecule has 2 nitrogen and oxygen atoms in total. The van der Waals surface area contributed by atoms with Crippen molar-refractivity contribution in [1.29, 1.82) is 0 Å². The predicted octanol–water partition coefficient (Wildman–Crippen LogP) is 3.03. The van der Waals surface area contributed by atoms with Crippen molar-refractivity contribution in [3.8, 4) is 0 Å². The maximum Gasteiger partial charge on any atom is 0.0705 e. The van der Waals surface area contributed by atoms with Crippen LogP contribution in [0.3, 0.4) is 0 Å². The average Bonchev–Trinajstić information content (AvgIpc) is 2.26. The molecule has 0 aliphatic heterocycles. The van der Waals surface area contributed by atoms with Gasteiger partial charge in [0.05, 0.1) is 5.52 Å². The van der Waals surface area contributed by atoms with Crippen LogP contribution in [0.15, 0.2) is 36.5 Å². The van der Waals surface area contributed by atoms with E-state index in [4.69, 9.17) is 5.73 Å². The van der Waals surface area contributed by atoms with Crippen molar-refractivity contribution < 1.29 is 0 Å². The number of aromatic nitrogens is 1. The van der Waals surface area contributed by atoms with Crippen molar-refractivity contribution in [2.45, 2.75) is 25.3 Å². The fourth-order valence-electron chi connectivity index (χ4n) is 2.46. The normalized spacial score (nSPS) is 18.3. The van der Waals surface area contributed by atoms with Gasteiger partial charge in [0.2, 0.25) is 0 Å². The molecule has 0 unspecified atom stereocenters. The van der Waals surface area contributed by atoms with Crippen LogP contribution in [0.5, 0.6) is 0 Å².